The van der Waals surface area contributed by atoms with E-state index >= 15 is 0 Å². The Bertz CT molecular complexity index is 967. The largest absolute Gasteiger partial charge is 0.457 e. The average molecular weight is 387 g/mol. The standard InChI is InChI=1S/C27H30O2/c1-6-27(4,5)25-17-14-21(19(2)3)18-24(25)26(28)20-12-15-23(16-13-20)29-22-10-8-7-9-11-22/h7-19H,6H2,1-5H3. The van der Waals surface area contributed by atoms with Crippen LogP contribution in [0.5, 0.6) is 11.5 Å². The van der Waals surface area contributed by atoms with Crippen LogP contribution in [0, 0.1) is 0 Å². The number of benzene rings is 3. The van der Waals surface area contributed by atoms with E-state index in [0.29, 0.717) is 11.5 Å². The van der Waals surface area contributed by atoms with E-state index in [4.69, 9.17) is 4.74 Å². The molecule has 0 aliphatic heterocycles. The highest BCUT2D eigenvalue weighted by Gasteiger charge is 2.25. The lowest BCUT2D eigenvalue weighted by Crippen LogP contribution is -2.20. The molecule has 0 unspecified atom stereocenters. The maximum absolute atomic E-state index is 13.4. The van der Waals surface area contributed by atoms with Crippen molar-refractivity contribution in [2.45, 2.75) is 52.4 Å². The third-order valence-electron chi connectivity index (χ3n) is 5.66. The van der Waals surface area contributed by atoms with Crippen LogP contribution >= 0.6 is 0 Å². The van der Waals surface area contributed by atoms with Gasteiger partial charge in [0.25, 0.3) is 0 Å². The van der Waals surface area contributed by atoms with Crippen LogP contribution in [0.15, 0.2) is 72.8 Å². The summed E-state index contributed by atoms with van der Waals surface area (Å²) in [5.41, 5.74) is 3.72. The molecule has 0 saturated heterocycles. The molecule has 0 aliphatic rings. The minimum Gasteiger partial charge on any atom is -0.457 e. The van der Waals surface area contributed by atoms with E-state index < -0.39 is 0 Å². The SMILES string of the molecule is CCC(C)(C)c1ccc(C(C)C)cc1C(=O)c1ccc(Oc2ccccc2)cc1. The monoisotopic (exact) mass is 386 g/mol. The maximum Gasteiger partial charge on any atom is 0.193 e. The highest BCUT2D eigenvalue weighted by molar-refractivity contribution is 6.10. The molecule has 0 heterocycles. The lowest BCUT2D eigenvalue weighted by Gasteiger charge is -2.27. The van der Waals surface area contributed by atoms with E-state index in [-0.39, 0.29) is 11.2 Å². The smallest absolute Gasteiger partial charge is 0.193 e. The predicted octanol–water partition coefficient (Wildman–Crippen LogP) is 7.52. The minimum absolute atomic E-state index is 0.0587. The van der Waals surface area contributed by atoms with E-state index in [1.54, 1.807) is 0 Å². The Morgan fingerprint density at radius 2 is 1.52 bits per heavy atom. The van der Waals surface area contributed by atoms with E-state index in [0.717, 1.165) is 29.0 Å². The van der Waals surface area contributed by atoms with Crippen LogP contribution < -0.4 is 4.74 Å². The maximum atomic E-state index is 13.4. The Kier molecular flexibility index (Phi) is 6.22. The fraction of sp³-hybridized carbons (Fsp3) is 0.296. The van der Waals surface area contributed by atoms with Crippen molar-refractivity contribution < 1.29 is 9.53 Å². The van der Waals surface area contributed by atoms with Gasteiger partial charge in [0.15, 0.2) is 5.78 Å². The highest BCUT2D eigenvalue weighted by Crippen LogP contribution is 2.33. The molecule has 29 heavy (non-hydrogen) atoms. The first-order valence-electron chi connectivity index (χ1n) is 10.3. The molecule has 2 heteroatoms. The zero-order valence-electron chi connectivity index (χ0n) is 18.0. The molecule has 3 aromatic rings. The predicted molar refractivity (Wildman–Crippen MR) is 120 cm³/mol. The quantitative estimate of drug-likeness (QED) is 0.392. The number of ketones is 1. The molecule has 0 atom stereocenters. The number of hydrogen-bond acceptors (Lipinski definition) is 2. The zero-order chi connectivity index (χ0) is 21.0. The normalized spacial score (nSPS) is 11.5. The summed E-state index contributed by atoms with van der Waals surface area (Å²) in [4.78, 5) is 13.4. The number of carbonyl (C=O) groups is 1. The second kappa shape index (κ2) is 8.65. The van der Waals surface area contributed by atoms with Crippen LogP contribution in [-0.4, -0.2) is 5.78 Å². The van der Waals surface area contributed by atoms with Crippen LogP contribution in [0.4, 0.5) is 0 Å². The molecule has 150 valence electrons. The van der Waals surface area contributed by atoms with Gasteiger partial charge in [0.2, 0.25) is 0 Å². The van der Waals surface area contributed by atoms with Gasteiger partial charge in [-0.1, -0.05) is 65.0 Å². The second-order valence-corrected chi connectivity index (χ2v) is 8.47. The van der Waals surface area contributed by atoms with Crippen molar-refractivity contribution in [2.75, 3.05) is 0 Å². The van der Waals surface area contributed by atoms with Crippen molar-refractivity contribution in [3.63, 3.8) is 0 Å². The number of hydrogen-bond donors (Lipinski definition) is 0. The number of para-hydroxylation sites is 1. The molecule has 0 fully saturated rings. The van der Waals surface area contributed by atoms with E-state index in [1.807, 2.05) is 54.6 Å². The molecule has 0 amide bonds. The van der Waals surface area contributed by atoms with Crippen LogP contribution in [0.1, 0.15) is 74.0 Å². The Balaban J connectivity index is 1.93. The summed E-state index contributed by atoms with van der Waals surface area (Å²) in [6.07, 6.45) is 0.970. The molecule has 3 aromatic carbocycles. The summed E-state index contributed by atoms with van der Waals surface area (Å²) in [5.74, 6) is 1.94. The van der Waals surface area contributed by atoms with Crippen molar-refractivity contribution in [1.82, 2.24) is 0 Å². The van der Waals surface area contributed by atoms with E-state index in [1.165, 1.54) is 5.56 Å². The minimum atomic E-state index is -0.0587. The molecule has 3 rings (SSSR count). The average Bonchev–Trinajstić information content (AvgIpc) is 2.74. The summed E-state index contributed by atoms with van der Waals surface area (Å²) < 4.78 is 5.85. The Morgan fingerprint density at radius 3 is 2.10 bits per heavy atom. The Morgan fingerprint density at radius 1 is 0.897 bits per heavy atom. The van der Waals surface area contributed by atoms with E-state index in [9.17, 15) is 4.79 Å². The molecule has 0 aromatic heterocycles. The number of ether oxygens (including phenoxy) is 1. The molecule has 0 bridgehead atoms. The van der Waals surface area contributed by atoms with Crippen molar-refractivity contribution >= 4 is 5.78 Å². The van der Waals surface area contributed by atoms with Crippen LogP contribution in [-0.2, 0) is 5.41 Å². The van der Waals surface area contributed by atoms with Crippen molar-refractivity contribution in [1.29, 1.82) is 0 Å². The zero-order valence-corrected chi connectivity index (χ0v) is 18.0. The first-order valence-corrected chi connectivity index (χ1v) is 10.3. The van der Waals surface area contributed by atoms with Gasteiger partial charge in [-0.05, 0) is 71.3 Å². The van der Waals surface area contributed by atoms with Crippen molar-refractivity contribution in [3.8, 4) is 11.5 Å². The molecular formula is C27H30O2. The summed E-state index contributed by atoms with van der Waals surface area (Å²) in [6, 6.07) is 23.4. The van der Waals surface area contributed by atoms with Gasteiger partial charge in [-0.15, -0.1) is 0 Å². The van der Waals surface area contributed by atoms with Crippen LogP contribution in [0.2, 0.25) is 0 Å². The lowest BCUT2D eigenvalue weighted by molar-refractivity contribution is 0.103. The van der Waals surface area contributed by atoms with Gasteiger partial charge in [0, 0.05) is 11.1 Å². The molecule has 0 radical (unpaired) electrons. The van der Waals surface area contributed by atoms with Gasteiger partial charge in [-0.2, -0.15) is 0 Å². The summed E-state index contributed by atoms with van der Waals surface area (Å²) in [7, 11) is 0. The van der Waals surface area contributed by atoms with Gasteiger partial charge < -0.3 is 4.74 Å². The molecule has 0 spiro atoms. The topological polar surface area (TPSA) is 26.3 Å². The van der Waals surface area contributed by atoms with Crippen molar-refractivity contribution in [3.05, 3.63) is 95.1 Å². The van der Waals surface area contributed by atoms with Gasteiger partial charge >= 0.3 is 0 Å². The first kappa shape index (κ1) is 20.9. The van der Waals surface area contributed by atoms with Crippen LogP contribution in [0.25, 0.3) is 0 Å². The van der Waals surface area contributed by atoms with Gasteiger partial charge in [0.05, 0.1) is 0 Å². The molecule has 0 saturated carbocycles. The Hall–Kier alpha value is -2.87. The van der Waals surface area contributed by atoms with E-state index in [2.05, 4.69) is 52.8 Å². The Labute approximate surface area is 174 Å². The molecular weight excluding hydrogens is 356 g/mol. The summed E-state index contributed by atoms with van der Waals surface area (Å²) in [6.45, 7) is 10.9. The lowest BCUT2D eigenvalue weighted by atomic mass is 9.77. The molecule has 2 nitrogen and oxygen atoms in total. The molecule has 0 N–H and O–H groups in total. The summed E-state index contributed by atoms with van der Waals surface area (Å²) >= 11 is 0. The number of carbonyl (C=O) groups excluding carboxylic acids is 1. The van der Waals surface area contributed by atoms with Gasteiger partial charge in [-0.3, -0.25) is 4.79 Å². The second-order valence-electron chi connectivity index (χ2n) is 8.47. The molecule has 0 aliphatic carbocycles. The van der Waals surface area contributed by atoms with Gasteiger partial charge in [-0.25, -0.2) is 0 Å². The van der Waals surface area contributed by atoms with Crippen LogP contribution in [0.3, 0.4) is 0 Å². The highest BCUT2D eigenvalue weighted by atomic mass is 16.5. The number of rotatable bonds is 7. The third kappa shape index (κ3) is 4.76. The third-order valence-corrected chi connectivity index (χ3v) is 5.66. The first-order chi connectivity index (χ1) is 13.8. The summed E-state index contributed by atoms with van der Waals surface area (Å²) in [5, 5.41) is 0. The fourth-order valence-corrected chi connectivity index (χ4v) is 3.34. The van der Waals surface area contributed by atoms with Gasteiger partial charge in [0.1, 0.15) is 11.5 Å². The fourth-order valence-electron chi connectivity index (χ4n) is 3.34. The van der Waals surface area contributed by atoms with Crippen molar-refractivity contribution in [2.24, 2.45) is 0 Å².